The maximum atomic E-state index is 2.05. The molecular formula is C12H8S10. The SMILES string of the molecule is C1CSC2=C(S1)SC(=C1SC3=C(SC4=C(SCCS4)S3)S1)S2. The molecule has 0 fully saturated rings. The Morgan fingerprint density at radius 3 is 0.818 bits per heavy atom. The van der Waals surface area contributed by atoms with Gasteiger partial charge in [0.2, 0.25) is 0 Å². The van der Waals surface area contributed by atoms with Crippen LogP contribution in [-0.4, -0.2) is 23.0 Å². The summed E-state index contributed by atoms with van der Waals surface area (Å²) in [6, 6.07) is 0. The van der Waals surface area contributed by atoms with Gasteiger partial charge in [-0.1, -0.05) is 70.6 Å². The van der Waals surface area contributed by atoms with E-state index in [9.17, 15) is 0 Å². The first kappa shape index (κ1) is 16.6. The summed E-state index contributed by atoms with van der Waals surface area (Å²) in [7, 11) is 0. The maximum absolute atomic E-state index is 2.05. The van der Waals surface area contributed by atoms with E-state index in [0.717, 1.165) is 0 Å². The van der Waals surface area contributed by atoms with Crippen LogP contribution in [0.4, 0.5) is 0 Å². The molecule has 0 radical (unpaired) electrons. The molecule has 0 bridgehead atoms. The van der Waals surface area contributed by atoms with Crippen molar-refractivity contribution in [2.24, 2.45) is 0 Å². The van der Waals surface area contributed by atoms with Crippen LogP contribution >= 0.6 is 118 Å². The number of hydrogen-bond acceptors (Lipinski definition) is 10. The molecule has 0 saturated carbocycles. The second-order valence-electron chi connectivity index (χ2n) is 4.31. The van der Waals surface area contributed by atoms with Crippen molar-refractivity contribution in [2.75, 3.05) is 23.0 Å². The second-order valence-corrected chi connectivity index (χ2v) is 16.9. The second kappa shape index (κ2) is 7.23. The molecule has 5 rings (SSSR count). The highest BCUT2D eigenvalue weighted by Gasteiger charge is 2.35. The molecule has 0 N–H and O–H groups in total. The van der Waals surface area contributed by atoms with Crippen LogP contribution < -0.4 is 0 Å². The highest BCUT2D eigenvalue weighted by atomic mass is 32.3. The fourth-order valence-electron chi connectivity index (χ4n) is 1.98. The van der Waals surface area contributed by atoms with Gasteiger partial charge >= 0.3 is 0 Å². The van der Waals surface area contributed by atoms with Crippen LogP contribution in [0.25, 0.3) is 0 Å². The van der Waals surface area contributed by atoms with Gasteiger partial charge in [-0.15, -0.1) is 47.0 Å². The van der Waals surface area contributed by atoms with E-state index < -0.39 is 0 Å². The first-order chi connectivity index (χ1) is 10.9. The fourth-order valence-corrected chi connectivity index (χ4v) is 17.5. The first-order valence-corrected chi connectivity index (χ1v) is 15.3. The summed E-state index contributed by atoms with van der Waals surface area (Å²) in [5, 5.41) is 0. The summed E-state index contributed by atoms with van der Waals surface area (Å²) in [5.74, 6) is 5.07. The molecule has 0 spiro atoms. The summed E-state index contributed by atoms with van der Waals surface area (Å²) in [5.41, 5.74) is 0. The van der Waals surface area contributed by atoms with Gasteiger partial charge in [0, 0.05) is 23.0 Å². The summed E-state index contributed by atoms with van der Waals surface area (Å²) < 4.78 is 12.3. The fraction of sp³-hybridized carbons (Fsp3) is 0.333. The molecule has 5 heterocycles. The van der Waals surface area contributed by atoms with Crippen LogP contribution in [-0.2, 0) is 0 Å². The summed E-state index contributed by atoms with van der Waals surface area (Å²) in [6.07, 6.45) is 0. The van der Waals surface area contributed by atoms with E-state index in [-0.39, 0.29) is 0 Å². The van der Waals surface area contributed by atoms with Crippen LogP contribution in [0, 0.1) is 0 Å². The van der Waals surface area contributed by atoms with Gasteiger partial charge in [-0.25, -0.2) is 0 Å². The molecule has 0 aromatic carbocycles. The Morgan fingerprint density at radius 2 is 0.545 bits per heavy atom. The third-order valence-corrected chi connectivity index (χ3v) is 18.0. The van der Waals surface area contributed by atoms with E-state index in [0.29, 0.717) is 0 Å². The average Bonchev–Trinajstić information content (AvgIpc) is 3.15. The molecule has 5 aliphatic heterocycles. The van der Waals surface area contributed by atoms with E-state index in [1.165, 1.54) is 40.0 Å². The Morgan fingerprint density at radius 1 is 0.318 bits per heavy atom. The lowest BCUT2D eigenvalue weighted by Crippen LogP contribution is -1.95. The van der Waals surface area contributed by atoms with Crippen molar-refractivity contribution in [3.63, 3.8) is 0 Å². The number of hydrogen-bond donors (Lipinski definition) is 0. The molecule has 0 atom stereocenters. The van der Waals surface area contributed by atoms with Gasteiger partial charge in [0.15, 0.2) is 0 Å². The normalized spacial score (nSPS) is 28.4. The van der Waals surface area contributed by atoms with Crippen LogP contribution in [0.1, 0.15) is 0 Å². The van der Waals surface area contributed by atoms with Crippen LogP contribution in [0.15, 0.2) is 33.9 Å². The Kier molecular flexibility index (Phi) is 5.46. The van der Waals surface area contributed by atoms with Gasteiger partial charge in [0.25, 0.3) is 0 Å². The lowest BCUT2D eigenvalue weighted by Gasteiger charge is -2.22. The first-order valence-electron chi connectivity index (χ1n) is 6.42. The summed E-state index contributed by atoms with van der Waals surface area (Å²) in [4.78, 5) is 0. The molecule has 22 heavy (non-hydrogen) atoms. The molecule has 0 amide bonds. The minimum Gasteiger partial charge on any atom is -0.116 e. The smallest absolute Gasteiger partial charge is 0.0718 e. The minimum atomic E-state index is 1.27. The van der Waals surface area contributed by atoms with Crippen LogP contribution in [0.5, 0.6) is 0 Å². The third-order valence-electron chi connectivity index (χ3n) is 2.88. The zero-order chi connectivity index (χ0) is 14.5. The zero-order valence-electron chi connectivity index (χ0n) is 10.9. The minimum absolute atomic E-state index is 1.27. The van der Waals surface area contributed by atoms with Crippen molar-refractivity contribution in [2.45, 2.75) is 0 Å². The summed E-state index contributed by atoms with van der Waals surface area (Å²) in [6.45, 7) is 0. The molecule has 0 nitrogen and oxygen atoms in total. The zero-order valence-corrected chi connectivity index (χ0v) is 19.1. The molecule has 0 saturated heterocycles. The van der Waals surface area contributed by atoms with Crippen molar-refractivity contribution in [3.8, 4) is 0 Å². The van der Waals surface area contributed by atoms with Gasteiger partial charge in [-0.2, -0.15) is 0 Å². The van der Waals surface area contributed by atoms with E-state index in [2.05, 4.69) is 0 Å². The number of thioether (sulfide) groups is 10. The Labute approximate surface area is 172 Å². The maximum Gasteiger partial charge on any atom is 0.0718 e. The van der Waals surface area contributed by atoms with Crippen LogP contribution in [0.3, 0.4) is 0 Å². The Balaban J connectivity index is 1.34. The monoisotopic (exact) mass is 472 g/mol. The molecule has 0 aliphatic carbocycles. The lowest BCUT2D eigenvalue weighted by atomic mass is 11.0. The van der Waals surface area contributed by atoms with E-state index in [4.69, 9.17) is 0 Å². The van der Waals surface area contributed by atoms with E-state index in [1.54, 1.807) is 16.9 Å². The van der Waals surface area contributed by atoms with E-state index >= 15 is 0 Å². The topological polar surface area (TPSA) is 0 Å². The standard InChI is InChI=1S/C12H8S10/c1-2-14-6-5(13-1)17-9(18-6)12-21-10-11(22-12)20-8-7(19-10)15-3-4-16-8/h1-4H2. The van der Waals surface area contributed by atoms with Crippen molar-refractivity contribution in [1.29, 1.82) is 0 Å². The van der Waals surface area contributed by atoms with Crippen molar-refractivity contribution in [3.05, 3.63) is 33.9 Å². The van der Waals surface area contributed by atoms with Gasteiger partial charge in [-0.3, -0.25) is 0 Å². The van der Waals surface area contributed by atoms with Crippen molar-refractivity contribution < 1.29 is 0 Å². The molecule has 116 valence electrons. The average molecular weight is 473 g/mol. The van der Waals surface area contributed by atoms with Gasteiger partial charge in [0.1, 0.15) is 0 Å². The van der Waals surface area contributed by atoms with Gasteiger partial charge < -0.3 is 0 Å². The molecule has 0 unspecified atom stereocenters. The Hall–Kier alpha value is 2.46. The third kappa shape index (κ3) is 3.24. The molecule has 10 heteroatoms. The molecular weight excluding hydrogens is 465 g/mol. The Bertz CT molecular complexity index is 617. The van der Waals surface area contributed by atoms with Gasteiger partial charge in [-0.05, 0) is 0 Å². The van der Waals surface area contributed by atoms with Crippen LogP contribution in [0.2, 0.25) is 0 Å². The van der Waals surface area contributed by atoms with Crippen molar-refractivity contribution >= 4 is 118 Å². The van der Waals surface area contributed by atoms with E-state index in [1.807, 2.05) is 118 Å². The number of rotatable bonds is 0. The summed E-state index contributed by atoms with van der Waals surface area (Å²) >= 11 is 20.3. The predicted octanol–water partition coefficient (Wildman–Crippen LogP) is 7.89. The quantitative estimate of drug-likeness (QED) is 0.339. The van der Waals surface area contributed by atoms with Crippen molar-refractivity contribution in [1.82, 2.24) is 0 Å². The molecule has 0 aromatic rings. The lowest BCUT2D eigenvalue weighted by molar-refractivity contribution is 1.56. The largest absolute Gasteiger partial charge is 0.116 e. The predicted molar refractivity (Wildman–Crippen MR) is 123 cm³/mol. The highest BCUT2D eigenvalue weighted by Crippen LogP contribution is 2.71. The highest BCUT2D eigenvalue weighted by molar-refractivity contribution is 8.48. The molecule has 0 aromatic heterocycles. The van der Waals surface area contributed by atoms with Gasteiger partial charge in [0.05, 0.1) is 33.9 Å². The molecule has 5 aliphatic rings.